The highest BCUT2D eigenvalue weighted by molar-refractivity contribution is 5.94. The minimum Gasteiger partial charge on any atom is -0.367 e. The zero-order valence-electron chi connectivity index (χ0n) is 14.5. The van der Waals surface area contributed by atoms with Crippen LogP contribution >= 0.6 is 0 Å². The van der Waals surface area contributed by atoms with Crippen molar-refractivity contribution in [2.24, 2.45) is 7.05 Å². The summed E-state index contributed by atoms with van der Waals surface area (Å²) in [6, 6.07) is 3.96. The van der Waals surface area contributed by atoms with E-state index in [2.05, 4.69) is 32.2 Å². The van der Waals surface area contributed by atoms with Crippen molar-refractivity contribution in [2.45, 2.75) is 18.9 Å². The maximum Gasteiger partial charge on any atom is 0.253 e. The fourth-order valence-electron chi connectivity index (χ4n) is 2.99. The standard InChI is InChI=1S/C18H24N6O/c1-3-8-19-18(25)14-6-7-17(20-10-14)22-15-5-4-9-24(12-15)16-11-21-23(2)13-16/h3,6-7,10-11,13,15H,1,4-5,8-9,12H2,2H3,(H,19,25)(H,20,22)/t15-/m1/s1. The highest BCUT2D eigenvalue weighted by Gasteiger charge is 2.21. The molecule has 0 unspecified atom stereocenters. The van der Waals surface area contributed by atoms with E-state index < -0.39 is 0 Å². The van der Waals surface area contributed by atoms with E-state index in [9.17, 15) is 4.79 Å². The summed E-state index contributed by atoms with van der Waals surface area (Å²) in [5, 5.41) is 10.5. The molecule has 3 rings (SSSR count). The molecule has 3 heterocycles. The van der Waals surface area contributed by atoms with E-state index in [4.69, 9.17) is 0 Å². The lowest BCUT2D eigenvalue weighted by atomic mass is 10.1. The first kappa shape index (κ1) is 17.0. The van der Waals surface area contributed by atoms with Crippen LogP contribution < -0.4 is 15.5 Å². The molecule has 2 aromatic rings. The molecule has 0 spiro atoms. The van der Waals surface area contributed by atoms with Crippen LogP contribution in [0.3, 0.4) is 0 Å². The van der Waals surface area contributed by atoms with Gasteiger partial charge < -0.3 is 15.5 Å². The molecule has 0 radical (unpaired) electrons. The van der Waals surface area contributed by atoms with Gasteiger partial charge >= 0.3 is 0 Å². The average molecular weight is 340 g/mol. The Bertz CT molecular complexity index is 723. The van der Waals surface area contributed by atoms with Gasteiger partial charge in [-0.1, -0.05) is 6.08 Å². The number of aryl methyl sites for hydroxylation is 1. The molecule has 132 valence electrons. The summed E-state index contributed by atoms with van der Waals surface area (Å²) < 4.78 is 1.82. The predicted octanol–water partition coefficient (Wildman–Crippen LogP) is 1.81. The quantitative estimate of drug-likeness (QED) is 0.785. The summed E-state index contributed by atoms with van der Waals surface area (Å²) in [4.78, 5) is 18.6. The Morgan fingerprint density at radius 2 is 2.32 bits per heavy atom. The van der Waals surface area contributed by atoms with Crippen molar-refractivity contribution < 1.29 is 4.79 Å². The molecular formula is C18H24N6O. The molecule has 1 aliphatic rings. The molecule has 25 heavy (non-hydrogen) atoms. The molecule has 1 amide bonds. The number of pyridine rings is 1. The molecule has 7 nitrogen and oxygen atoms in total. The molecule has 0 aliphatic carbocycles. The number of rotatable bonds is 6. The molecule has 1 aliphatic heterocycles. The zero-order valence-corrected chi connectivity index (χ0v) is 14.5. The first-order chi connectivity index (χ1) is 12.2. The van der Waals surface area contributed by atoms with E-state index in [1.807, 2.05) is 30.2 Å². The van der Waals surface area contributed by atoms with Gasteiger partial charge in [0.1, 0.15) is 5.82 Å². The van der Waals surface area contributed by atoms with Crippen LogP contribution in [0.4, 0.5) is 11.5 Å². The van der Waals surface area contributed by atoms with Crippen molar-refractivity contribution in [3.8, 4) is 0 Å². The Kier molecular flexibility index (Phi) is 5.33. The van der Waals surface area contributed by atoms with Crippen LogP contribution in [0.5, 0.6) is 0 Å². The van der Waals surface area contributed by atoms with Crippen LogP contribution in [0.25, 0.3) is 0 Å². The highest BCUT2D eigenvalue weighted by atomic mass is 16.1. The predicted molar refractivity (Wildman–Crippen MR) is 98.8 cm³/mol. The SMILES string of the molecule is C=CCNC(=O)c1ccc(N[C@@H]2CCCN(c3cnn(C)c3)C2)nc1. The van der Waals surface area contributed by atoms with Gasteiger partial charge in [0.15, 0.2) is 0 Å². The van der Waals surface area contributed by atoms with Gasteiger partial charge in [0, 0.05) is 45.1 Å². The third kappa shape index (κ3) is 4.37. The van der Waals surface area contributed by atoms with Gasteiger partial charge in [-0.15, -0.1) is 6.58 Å². The van der Waals surface area contributed by atoms with Crippen molar-refractivity contribution in [3.05, 3.63) is 48.9 Å². The van der Waals surface area contributed by atoms with Crippen LogP contribution in [0.15, 0.2) is 43.4 Å². The number of carbonyl (C=O) groups excluding carboxylic acids is 1. The second-order valence-electron chi connectivity index (χ2n) is 6.23. The largest absolute Gasteiger partial charge is 0.367 e. The fourth-order valence-corrected chi connectivity index (χ4v) is 2.99. The normalized spacial score (nSPS) is 17.2. The van der Waals surface area contributed by atoms with Gasteiger partial charge in [-0.25, -0.2) is 4.98 Å². The molecule has 0 aromatic carbocycles. The van der Waals surface area contributed by atoms with E-state index in [1.54, 1.807) is 18.3 Å². The summed E-state index contributed by atoms with van der Waals surface area (Å²) >= 11 is 0. The molecule has 1 atom stereocenters. The number of nitrogens with zero attached hydrogens (tertiary/aromatic N) is 4. The van der Waals surface area contributed by atoms with Crippen molar-refractivity contribution >= 4 is 17.4 Å². The second-order valence-corrected chi connectivity index (χ2v) is 6.23. The maximum absolute atomic E-state index is 11.9. The van der Waals surface area contributed by atoms with Crippen LogP contribution in [-0.2, 0) is 7.05 Å². The lowest BCUT2D eigenvalue weighted by molar-refractivity contribution is 0.0957. The number of hydrogen-bond acceptors (Lipinski definition) is 5. The summed E-state index contributed by atoms with van der Waals surface area (Å²) in [7, 11) is 1.93. The minimum absolute atomic E-state index is 0.139. The lowest BCUT2D eigenvalue weighted by Crippen LogP contribution is -2.42. The van der Waals surface area contributed by atoms with Crippen molar-refractivity contribution in [1.29, 1.82) is 0 Å². The average Bonchev–Trinajstić information content (AvgIpc) is 3.07. The number of nitrogens with one attached hydrogen (secondary N) is 2. The van der Waals surface area contributed by atoms with Crippen LogP contribution in [-0.4, -0.2) is 46.3 Å². The van der Waals surface area contributed by atoms with E-state index in [0.717, 1.165) is 37.4 Å². The van der Waals surface area contributed by atoms with E-state index in [-0.39, 0.29) is 5.91 Å². The van der Waals surface area contributed by atoms with Crippen molar-refractivity contribution in [2.75, 3.05) is 29.9 Å². The molecule has 1 saturated heterocycles. The van der Waals surface area contributed by atoms with Crippen LogP contribution in [0, 0.1) is 0 Å². The van der Waals surface area contributed by atoms with Gasteiger partial charge in [0.25, 0.3) is 5.91 Å². The Balaban J connectivity index is 1.58. The van der Waals surface area contributed by atoms with Gasteiger partial charge in [-0.3, -0.25) is 9.48 Å². The van der Waals surface area contributed by atoms with Gasteiger partial charge in [-0.2, -0.15) is 5.10 Å². The van der Waals surface area contributed by atoms with Gasteiger partial charge in [0.05, 0.1) is 17.4 Å². The number of aromatic nitrogens is 3. The fraction of sp³-hybridized carbons (Fsp3) is 0.389. The molecule has 0 saturated carbocycles. The topological polar surface area (TPSA) is 75.1 Å². The molecule has 2 aromatic heterocycles. The van der Waals surface area contributed by atoms with E-state index >= 15 is 0 Å². The first-order valence-electron chi connectivity index (χ1n) is 8.51. The maximum atomic E-state index is 11.9. The summed E-state index contributed by atoms with van der Waals surface area (Å²) in [5.74, 6) is 0.651. The number of amides is 1. The highest BCUT2D eigenvalue weighted by Crippen LogP contribution is 2.21. The van der Waals surface area contributed by atoms with E-state index in [1.165, 1.54) is 0 Å². The summed E-state index contributed by atoms with van der Waals surface area (Å²) in [6.45, 7) is 5.99. The minimum atomic E-state index is -0.139. The molecule has 1 fully saturated rings. The molecule has 7 heteroatoms. The zero-order chi connectivity index (χ0) is 17.6. The third-order valence-corrected chi connectivity index (χ3v) is 4.26. The lowest BCUT2D eigenvalue weighted by Gasteiger charge is -2.34. The smallest absolute Gasteiger partial charge is 0.253 e. The first-order valence-corrected chi connectivity index (χ1v) is 8.51. The van der Waals surface area contributed by atoms with Gasteiger partial charge in [-0.05, 0) is 25.0 Å². The molecule has 2 N–H and O–H groups in total. The number of piperidine rings is 1. The van der Waals surface area contributed by atoms with Gasteiger partial charge in [0.2, 0.25) is 0 Å². The van der Waals surface area contributed by atoms with Crippen molar-refractivity contribution in [3.63, 3.8) is 0 Å². The summed E-state index contributed by atoms with van der Waals surface area (Å²) in [6.07, 6.45) is 9.41. The Morgan fingerprint density at radius 1 is 1.44 bits per heavy atom. The molecule has 0 bridgehead atoms. The monoisotopic (exact) mass is 340 g/mol. The third-order valence-electron chi connectivity index (χ3n) is 4.26. The Labute approximate surface area is 147 Å². The number of carbonyl (C=O) groups is 1. The number of hydrogen-bond donors (Lipinski definition) is 2. The second kappa shape index (κ2) is 7.83. The molecular weight excluding hydrogens is 316 g/mol. The van der Waals surface area contributed by atoms with Crippen LogP contribution in [0.2, 0.25) is 0 Å². The van der Waals surface area contributed by atoms with Crippen LogP contribution in [0.1, 0.15) is 23.2 Å². The Hall–Kier alpha value is -2.83. The van der Waals surface area contributed by atoms with E-state index in [0.29, 0.717) is 18.2 Å². The summed E-state index contributed by atoms with van der Waals surface area (Å²) in [5.41, 5.74) is 1.70. The van der Waals surface area contributed by atoms with Crippen molar-refractivity contribution in [1.82, 2.24) is 20.1 Å². The Morgan fingerprint density at radius 3 is 3.00 bits per heavy atom. The number of anilines is 2.